The third kappa shape index (κ3) is 4.77. The summed E-state index contributed by atoms with van der Waals surface area (Å²) < 4.78 is 20.4. The van der Waals surface area contributed by atoms with Gasteiger partial charge in [0.25, 0.3) is 11.1 Å². The van der Waals surface area contributed by atoms with Gasteiger partial charge in [-0.3, -0.25) is 14.2 Å². The van der Waals surface area contributed by atoms with Crippen LogP contribution in [0.5, 0.6) is 0 Å². The SMILES string of the molecule is NC(=O)c1c(NC(=O)CSc2nnc(-c3ccc(F)cc3)o2)sc(=S)n1-c1ccccc1. The number of carbonyl (C=O) groups excluding carboxylic acids is 2. The second-order valence-electron chi connectivity index (χ2n) is 6.30. The number of thioether (sulfide) groups is 1. The summed E-state index contributed by atoms with van der Waals surface area (Å²) in [5.41, 5.74) is 6.88. The first-order valence-electron chi connectivity index (χ1n) is 9.05. The molecule has 8 nitrogen and oxygen atoms in total. The third-order valence-electron chi connectivity index (χ3n) is 4.14. The van der Waals surface area contributed by atoms with E-state index in [1.165, 1.54) is 28.8 Å². The van der Waals surface area contributed by atoms with Crippen molar-refractivity contribution < 1.29 is 18.4 Å². The Bertz CT molecular complexity index is 1330. The van der Waals surface area contributed by atoms with Gasteiger partial charge in [0.1, 0.15) is 16.5 Å². The maximum Gasteiger partial charge on any atom is 0.277 e. The second-order valence-corrected chi connectivity index (χ2v) is 8.87. The standard InChI is InChI=1S/C20H14FN5O3S3/c21-12-8-6-11(7-9-12)17-24-25-19(29-17)31-10-14(27)23-18-15(16(22)28)26(20(30)32-18)13-4-2-1-3-5-13/h1-9H,10H2,(H2,22,28)(H,23,27). The number of nitrogens with one attached hydrogen (secondary N) is 1. The van der Waals surface area contributed by atoms with Crippen LogP contribution in [0.3, 0.4) is 0 Å². The monoisotopic (exact) mass is 487 g/mol. The number of aromatic nitrogens is 3. The number of carbonyl (C=O) groups is 2. The molecule has 2 heterocycles. The van der Waals surface area contributed by atoms with Crippen LogP contribution >= 0.6 is 35.3 Å². The fraction of sp³-hybridized carbons (Fsp3) is 0.0500. The van der Waals surface area contributed by atoms with Crippen LogP contribution in [0.25, 0.3) is 17.1 Å². The molecule has 0 aliphatic carbocycles. The van der Waals surface area contributed by atoms with Gasteiger partial charge in [0, 0.05) is 11.3 Å². The lowest BCUT2D eigenvalue weighted by Crippen LogP contribution is -2.21. The number of rotatable bonds is 7. The Morgan fingerprint density at radius 1 is 1.16 bits per heavy atom. The molecule has 0 aliphatic heterocycles. The van der Waals surface area contributed by atoms with Crippen LogP contribution in [-0.4, -0.2) is 32.3 Å². The summed E-state index contributed by atoms with van der Waals surface area (Å²) in [6, 6.07) is 14.6. The predicted octanol–water partition coefficient (Wildman–Crippen LogP) is 4.29. The zero-order chi connectivity index (χ0) is 22.7. The van der Waals surface area contributed by atoms with E-state index in [1.54, 1.807) is 24.3 Å². The average molecular weight is 488 g/mol. The van der Waals surface area contributed by atoms with Gasteiger partial charge in [-0.1, -0.05) is 41.3 Å². The molecule has 0 atom stereocenters. The Morgan fingerprint density at radius 2 is 1.88 bits per heavy atom. The van der Waals surface area contributed by atoms with Crippen molar-refractivity contribution in [3.8, 4) is 17.1 Å². The highest BCUT2D eigenvalue weighted by Gasteiger charge is 2.21. The molecule has 0 unspecified atom stereocenters. The van der Waals surface area contributed by atoms with E-state index >= 15 is 0 Å². The van der Waals surface area contributed by atoms with Crippen LogP contribution in [-0.2, 0) is 4.79 Å². The van der Waals surface area contributed by atoms with Crippen molar-refractivity contribution in [1.82, 2.24) is 14.8 Å². The number of primary amides is 1. The lowest BCUT2D eigenvalue weighted by atomic mass is 10.2. The van der Waals surface area contributed by atoms with E-state index in [0.717, 1.165) is 23.1 Å². The molecule has 0 radical (unpaired) electrons. The molecule has 0 saturated carbocycles. The predicted molar refractivity (Wildman–Crippen MR) is 122 cm³/mol. The number of amides is 2. The van der Waals surface area contributed by atoms with Crippen molar-refractivity contribution in [2.75, 3.05) is 11.1 Å². The van der Waals surface area contributed by atoms with Gasteiger partial charge in [-0.2, -0.15) is 0 Å². The fourth-order valence-electron chi connectivity index (χ4n) is 2.76. The summed E-state index contributed by atoms with van der Waals surface area (Å²) in [6.45, 7) is 0. The van der Waals surface area contributed by atoms with E-state index in [9.17, 15) is 14.0 Å². The zero-order valence-corrected chi connectivity index (χ0v) is 18.6. The largest absolute Gasteiger partial charge is 0.411 e. The van der Waals surface area contributed by atoms with Gasteiger partial charge in [0.2, 0.25) is 11.8 Å². The quantitative estimate of drug-likeness (QED) is 0.295. The Balaban J connectivity index is 1.47. The van der Waals surface area contributed by atoms with Gasteiger partial charge >= 0.3 is 0 Å². The Morgan fingerprint density at radius 3 is 2.56 bits per heavy atom. The maximum absolute atomic E-state index is 13.0. The molecule has 4 rings (SSSR count). The molecular formula is C20H14FN5O3S3. The minimum absolute atomic E-state index is 0.0563. The summed E-state index contributed by atoms with van der Waals surface area (Å²) in [4.78, 5) is 24.6. The van der Waals surface area contributed by atoms with Crippen LogP contribution in [0.4, 0.5) is 9.39 Å². The van der Waals surface area contributed by atoms with Crippen molar-refractivity contribution in [2.24, 2.45) is 5.73 Å². The molecule has 4 aromatic rings. The first-order chi connectivity index (χ1) is 15.4. The molecular weight excluding hydrogens is 473 g/mol. The van der Waals surface area contributed by atoms with Crippen LogP contribution < -0.4 is 11.1 Å². The first kappa shape index (κ1) is 21.9. The van der Waals surface area contributed by atoms with E-state index in [4.69, 9.17) is 22.4 Å². The number of para-hydroxylation sites is 1. The normalized spacial score (nSPS) is 10.8. The highest BCUT2D eigenvalue weighted by Crippen LogP contribution is 2.29. The average Bonchev–Trinajstić information content (AvgIpc) is 3.38. The first-order valence-corrected chi connectivity index (χ1v) is 11.3. The Hall–Kier alpha value is -3.35. The highest BCUT2D eigenvalue weighted by molar-refractivity contribution is 7.99. The fourth-order valence-corrected chi connectivity index (χ4v) is 4.69. The van der Waals surface area contributed by atoms with E-state index < -0.39 is 11.8 Å². The third-order valence-corrected chi connectivity index (χ3v) is 6.24. The molecule has 2 aromatic carbocycles. The van der Waals surface area contributed by atoms with Gasteiger partial charge in [0.15, 0.2) is 3.95 Å². The molecule has 0 bridgehead atoms. The van der Waals surface area contributed by atoms with Crippen LogP contribution in [0.15, 0.2) is 64.2 Å². The summed E-state index contributed by atoms with van der Waals surface area (Å²) in [7, 11) is 0. The van der Waals surface area contributed by atoms with Crippen molar-refractivity contribution in [3.63, 3.8) is 0 Å². The van der Waals surface area contributed by atoms with Crippen LogP contribution in [0.1, 0.15) is 10.5 Å². The van der Waals surface area contributed by atoms with E-state index in [0.29, 0.717) is 15.2 Å². The van der Waals surface area contributed by atoms with E-state index in [2.05, 4.69) is 15.5 Å². The van der Waals surface area contributed by atoms with Crippen LogP contribution in [0, 0.1) is 9.77 Å². The van der Waals surface area contributed by atoms with Gasteiger partial charge in [-0.05, 0) is 48.6 Å². The number of halogens is 1. The summed E-state index contributed by atoms with van der Waals surface area (Å²) in [6.07, 6.45) is 0. The molecule has 0 aliphatic rings. The highest BCUT2D eigenvalue weighted by atomic mass is 32.2. The molecule has 12 heteroatoms. The molecule has 0 fully saturated rings. The van der Waals surface area contributed by atoms with Crippen molar-refractivity contribution in [2.45, 2.75) is 5.22 Å². The second kappa shape index (κ2) is 9.42. The number of anilines is 1. The number of nitrogens with zero attached hydrogens (tertiary/aromatic N) is 3. The topological polar surface area (TPSA) is 116 Å². The van der Waals surface area contributed by atoms with Gasteiger partial charge in [-0.25, -0.2) is 4.39 Å². The molecule has 2 aromatic heterocycles. The van der Waals surface area contributed by atoms with Gasteiger partial charge < -0.3 is 15.5 Å². The number of nitrogens with two attached hydrogens (primary N) is 1. The lowest BCUT2D eigenvalue weighted by Gasteiger charge is -2.08. The summed E-state index contributed by atoms with van der Waals surface area (Å²) in [5.74, 6) is -1.35. The number of thiazole rings is 1. The maximum atomic E-state index is 13.0. The molecule has 0 saturated heterocycles. The van der Waals surface area contributed by atoms with E-state index in [1.807, 2.05) is 6.07 Å². The Labute approximate surface area is 194 Å². The molecule has 3 N–H and O–H groups in total. The Kier molecular flexibility index (Phi) is 6.44. The van der Waals surface area contributed by atoms with Gasteiger partial charge in [-0.15, -0.1) is 10.2 Å². The lowest BCUT2D eigenvalue weighted by molar-refractivity contribution is -0.113. The van der Waals surface area contributed by atoms with Crippen molar-refractivity contribution in [1.29, 1.82) is 0 Å². The van der Waals surface area contributed by atoms with Crippen LogP contribution in [0.2, 0.25) is 0 Å². The zero-order valence-electron chi connectivity index (χ0n) is 16.1. The number of benzene rings is 2. The smallest absolute Gasteiger partial charge is 0.277 e. The van der Waals surface area contributed by atoms with Crippen molar-refractivity contribution in [3.05, 3.63) is 70.1 Å². The van der Waals surface area contributed by atoms with E-state index in [-0.39, 0.29) is 33.4 Å². The number of hydrogen-bond acceptors (Lipinski definition) is 8. The number of hydrogen-bond donors (Lipinski definition) is 2. The minimum atomic E-state index is -0.718. The summed E-state index contributed by atoms with van der Waals surface area (Å²) in [5, 5.41) is 10.9. The molecule has 32 heavy (non-hydrogen) atoms. The molecule has 2 amide bonds. The molecule has 0 spiro atoms. The van der Waals surface area contributed by atoms with Crippen molar-refractivity contribution >= 4 is 52.1 Å². The summed E-state index contributed by atoms with van der Waals surface area (Å²) >= 11 is 7.46. The van der Waals surface area contributed by atoms with Gasteiger partial charge in [0.05, 0.1) is 5.75 Å². The molecule has 162 valence electrons. The minimum Gasteiger partial charge on any atom is -0.411 e.